The summed E-state index contributed by atoms with van der Waals surface area (Å²) >= 11 is 0. The zero-order chi connectivity index (χ0) is 12.3. The van der Waals surface area contributed by atoms with Crippen LogP contribution < -0.4 is 5.32 Å². The molecule has 1 aromatic carbocycles. The van der Waals surface area contributed by atoms with Crippen molar-refractivity contribution in [2.24, 2.45) is 5.92 Å². The number of carbonyl (C=O) groups excluding carboxylic acids is 1. The minimum atomic E-state index is -0.819. The summed E-state index contributed by atoms with van der Waals surface area (Å²) < 4.78 is 0. The molecule has 0 bridgehead atoms. The van der Waals surface area contributed by atoms with Crippen molar-refractivity contribution in [3.63, 3.8) is 0 Å². The summed E-state index contributed by atoms with van der Waals surface area (Å²) in [5, 5.41) is 11.8. The summed E-state index contributed by atoms with van der Waals surface area (Å²) in [6.45, 7) is 0. The molecule has 0 aliphatic heterocycles. The number of carbonyl (C=O) groups is 2. The average Bonchev–Trinajstić information content (AvgIpc) is 2.78. The van der Waals surface area contributed by atoms with Gasteiger partial charge in [0.05, 0.1) is 5.92 Å². The Morgan fingerprint density at radius 1 is 1.18 bits per heavy atom. The van der Waals surface area contributed by atoms with Crippen molar-refractivity contribution in [3.8, 4) is 0 Å². The first-order chi connectivity index (χ1) is 8.18. The molecular formula is C13H15NO3. The third-order valence-corrected chi connectivity index (χ3v) is 3.19. The Bertz CT molecular complexity index is 416. The second-order valence-electron chi connectivity index (χ2n) is 4.32. The maximum atomic E-state index is 11.9. The summed E-state index contributed by atoms with van der Waals surface area (Å²) in [5.41, 5.74) is 0.573. The average molecular weight is 233 g/mol. The number of rotatable bonds is 3. The Hall–Kier alpha value is -1.84. The van der Waals surface area contributed by atoms with Crippen LogP contribution in [0.3, 0.4) is 0 Å². The van der Waals surface area contributed by atoms with Gasteiger partial charge in [0.1, 0.15) is 0 Å². The van der Waals surface area contributed by atoms with E-state index in [2.05, 4.69) is 5.32 Å². The van der Waals surface area contributed by atoms with Crippen molar-refractivity contribution >= 4 is 11.9 Å². The van der Waals surface area contributed by atoms with E-state index < -0.39 is 11.9 Å². The summed E-state index contributed by atoms with van der Waals surface area (Å²) in [6, 6.07) is 8.63. The molecule has 1 fully saturated rings. The third-order valence-electron chi connectivity index (χ3n) is 3.19. The predicted octanol–water partition coefficient (Wildman–Crippen LogP) is 1.67. The van der Waals surface area contributed by atoms with E-state index >= 15 is 0 Å². The van der Waals surface area contributed by atoms with E-state index in [9.17, 15) is 9.59 Å². The van der Waals surface area contributed by atoms with Crippen molar-refractivity contribution in [2.45, 2.75) is 25.3 Å². The Balaban J connectivity index is 2.02. The number of amides is 1. The number of hydrogen-bond donors (Lipinski definition) is 2. The highest BCUT2D eigenvalue weighted by molar-refractivity contribution is 5.94. The highest BCUT2D eigenvalue weighted by atomic mass is 16.4. The SMILES string of the molecule is O=C(N[C@@H]1CCC[C@@H]1C(=O)O)c1ccccc1. The highest BCUT2D eigenvalue weighted by Gasteiger charge is 2.33. The van der Waals surface area contributed by atoms with Gasteiger partial charge in [-0.2, -0.15) is 0 Å². The molecule has 2 rings (SSSR count). The van der Waals surface area contributed by atoms with Gasteiger partial charge >= 0.3 is 5.97 Å². The molecule has 2 N–H and O–H groups in total. The van der Waals surface area contributed by atoms with Crippen LogP contribution in [0.2, 0.25) is 0 Å². The van der Waals surface area contributed by atoms with Crippen molar-refractivity contribution in [1.29, 1.82) is 0 Å². The molecule has 1 aromatic rings. The Morgan fingerprint density at radius 2 is 1.88 bits per heavy atom. The van der Waals surface area contributed by atoms with Gasteiger partial charge < -0.3 is 10.4 Å². The van der Waals surface area contributed by atoms with E-state index in [4.69, 9.17) is 5.11 Å². The molecule has 0 unspecified atom stereocenters. The summed E-state index contributed by atoms with van der Waals surface area (Å²) in [7, 11) is 0. The van der Waals surface area contributed by atoms with Crippen molar-refractivity contribution in [3.05, 3.63) is 35.9 Å². The van der Waals surface area contributed by atoms with Crippen molar-refractivity contribution < 1.29 is 14.7 Å². The minimum Gasteiger partial charge on any atom is -0.481 e. The molecule has 2 atom stereocenters. The van der Waals surface area contributed by atoms with Crippen LogP contribution in [-0.2, 0) is 4.79 Å². The van der Waals surface area contributed by atoms with Gasteiger partial charge in [0.25, 0.3) is 5.91 Å². The summed E-state index contributed by atoms with van der Waals surface area (Å²) in [5.74, 6) is -1.45. The molecule has 0 saturated heterocycles. The summed E-state index contributed by atoms with van der Waals surface area (Å²) in [6.07, 6.45) is 2.25. The molecular weight excluding hydrogens is 218 g/mol. The van der Waals surface area contributed by atoms with E-state index in [1.54, 1.807) is 24.3 Å². The first-order valence-corrected chi connectivity index (χ1v) is 5.77. The van der Waals surface area contributed by atoms with Crippen LogP contribution in [0.4, 0.5) is 0 Å². The lowest BCUT2D eigenvalue weighted by Gasteiger charge is -2.17. The molecule has 0 radical (unpaired) electrons. The molecule has 1 amide bonds. The van der Waals surface area contributed by atoms with Crippen LogP contribution in [-0.4, -0.2) is 23.0 Å². The van der Waals surface area contributed by atoms with Gasteiger partial charge in [0, 0.05) is 11.6 Å². The second-order valence-corrected chi connectivity index (χ2v) is 4.32. The molecule has 0 spiro atoms. The number of carboxylic acids is 1. The largest absolute Gasteiger partial charge is 0.481 e. The number of benzene rings is 1. The first kappa shape index (κ1) is 11.6. The lowest BCUT2D eigenvalue weighted by Crippen LogP contribution is -2.40. The molecule has 1 aliphatic carbocycles. The zero-order valence-corrected chi connectivity index (χ0v) is 9.43. The normalized spacial score (nSPS) is 23.3. The Labute approximate surface area is 99.6 Å². The molecule has 0 heterocycles. The lowest BCUT2D eigenvalue weighted by molar-refractivity contribution is -0.142. The smallest absolute Gasteiger partial charge is 0.308 e. The number of aliphatic carboxylic acids is 1. The van der Waals surface area contributed by atoms with Gasteiger partial charge in [-0.3, -0.25) is 9.59 Å². The van der Waals surface area contributed by atoms with Crippen LogP contribution in [0.1, 0.15) is 29.6 Å². The molecule has 4 heteroatoms. The Morgan fingerprint density at radius 3 is 2.53 bits per heavy atom. The fourth-order valence-electron chi connectivity index (χ4n) is 2.27. The van der Waals surface area contributed by atoms with Gasteiger partial charge in [-0.1, -0.05) is 24.6 Å². The van der Waals surface area contributed by atoms with Crippen LogP contribution in [0.15, 0.2) is 30.3 Å². The molecule has 1 saturated carbocycles. The maximum absolute atomic E-state index is 11.9. The maximum Gasteiger partial charge on any atom is 0.308 e. The van der Waals surface area contributed by atoms with E-state index in [0.717, 1.165) is 12.8 Å². The molecule has 0 aromatic heterocycles. The quantitative estimate of drug-likeness (QED) is 0.834. The predicted molar refractivity (Wildman–Crippen MR) is 62.7 cm³/mol. The fraction of sp³-hybridized carbons (Fsp3) is 0.385. The standard InChI is InChI=1S/C13H15NO3/c15-12(9-5-2-1-3-6-9)14-11-8-4-7-10(11)13(16)17/h1-3,5-6,10-11H,4,7-8H2,(H,14,15)(H,16,17)/t10-,11+/m0/s1. The van der Waals surface area contributed by atoms with E-state index in [0.29, 0.717) is 12.0 Å². The van der Waals surface area contributed by atoms with Crippen molar-refractivity contribution in [2.75, 3.05) is 0 Å². The molecule has 4 nitrogen and oxygen atoms in total. The fourth-order valence-corrected chi connectivity index (χ4v) is 2.27. The molecule has 1 aliphatic rings. The molecule has 90 valence electrons. The van der Waals surface area contributed by atoms with Gasteiger partial charge in [0.15, 0.2) is 0 Å². The summed E-state index contributed by atoms with van der Waals surface area (Å²) in [4.78, 5) is 22.8. The topological polar surface area (TPSA) is 66.4 Å². The zero-order valence-electron chi connectivity index (χ0n) is 9.43. The highest BCUT2D eigenvalue weighted by Crippen LogP contribution is 2.26. The number of nitrogens with one attached hydrogen (secondary N) is 1. The number of hydrogen-bond acceptors (Lipinski definition) is 2. The van der Waals surface area contributed by atoms with Gasteiger partial charge in [-0.15, -0.1) is 0 Å². The van der Waals surface area contributed by atoms with Crippen LogP contribution in [0.5, 0.6) is 0 Å². The van der Waals surface area contributed by atoms with E-state index in [1.165, 1.54) is 0 Å². The minimum absolute atomic E-state index is 0.191. The van der Waals surface area contributed by atoms with E-state index in [-0.39, 0.29) is 11.9 Å². The van der Waals surface area contributed by atoms with Crippen molar-refractivity contribution in [1.82, 2.24) is 5.32 Å². The van der Waals surface area contributed by atoms with Gasteiger partial charge in [0.2, 0.25) is 0 Å². The van der Waals surface area contributed by atoms with Gasteiger partial charge in [-0.25, -0.2) is 0 Å². The van der Waals surface area contributed by atoms with Crippen LogP contribution in [0, 0.1) is 5.92 Å². The number of carboxylic acid groups (broad SMARTS) is 1. The monoisotopic (exact) mass is 233 g/mol. The molecule has 17 heavy (non-hydrogen) atoms. The second kappa shape index (κ2) is 4.99. The van der Waals surface area contributed by atoms with Crippen LogP contribution >= 0.6 is 0 Å². The first-order valence-electron chi connectivity index (χ1n) is 5.77. The van der Waals surface area contributed by atoms with Crippen LogP contribution in [0.25, 0.3) is 0 Å². The Kier molecular flexibility index (Phi) is 3.42. The van der Waals surface area contributed by atoms with Gasteiger partial charge in [-0.05, 0) is 25.0 Å². The third kappa shape index (κ3) is 2.64. The van der Waals surface area contributed by atoms with E-state index in [1.807, 2.05) is 6.07 Å². The lowest BCUT2D eigenvalue weighted by atomic mass is 10.0.